The summed E-state index contributed by atoms with van der Waals surface area (Å²) in [5, 5.41) is 0. The zero-order valence-electron chi connectivity index (χ0n) is 7.01. The van der Waals surface area contributed by atoms with Gasteiger partial charge in [-0.25, -0.2) is 0 Å². The summed E-state index contributed by atoms with van der Waals surface area (Å²) in [5.41, 5.74) is 5.90. The van der Waals surface area contributed by atoms with Crippen molar-refractivity contribution in [1.29, 1.82) is 0 Å². The first-order valence-corrected chi connectivity index (χ1v) is 4.10. The summed E-state index contributed by atoms with van der Waals surface area (Å²) in [6.07, 6.45) is 3.90. The van der Waals surface area contributed by atoms with E-state index in [9.17, 15) is 0 Å². The van der Waals surface area contributed by atoms with Gasteiger partial charge in [-0.2, -0.15) is 0 Å². The molecule has 0 saturated heterocycles. The van der Waals surface area contributed by atoms with Crippen LogP contribution in [0.5, 0.6) is 0 Å². The average molecular weight is 142 g/mol. The van der Waals surface area contributed by atoms with Crippen molar-refractivity contribution in [3.05, 3.63) is 0 Å². The van der Waals surface area contributed by atoms with E-state index in [4.69, 9.17) is 5.73 Å². The second-order valence-electron chi connectivity index (χ2n) is 3.62. The molecule has 1 saturated carbocycles. The van der Waals surface area contributed by atoms with Gasteiger partial charge in [-0.05, 0) is 32.9 Å². The number of hydrogen-bond donors (Lipinski definition) is 1. The first kappa shape index (κ1) is 8.02. The molecular formula is C8H18N2. The average Bonchev–Trinajstić information content (AvgIpc) is 2.15. The third-order valence-electron chi connectivity index (χ3n) is 2.32. The van der Waals surface area contributed by atoms with Crippen LogP contribution >= 0.6 is 0 Å². The molecule has 0 amide bonds. The second kappa shape index (κ2) is 3.35. The Morgan fingerprint density at radius 1 is 1.40 bits per heavy atom. The van der Waals surface area contributed by atoms with Crippen molar-refractivity contribution in [2.45, 2.75) is 25.3 Å². The molecule has 0 heterocycles. The van der Waals surface area contributed by atoms with Crippen LogP contribution in [0.15, 0.2) is 0 Å². The SMILES string of the molecule is CN(C)C[C@@H]1CCC[C@@H]1N. The van der Waals surface area contributed by atoms with Gasteiger partial charge >= 0.3 is 0 Å². The van der Waals surface area contributed by atoms with Gasteiger partial charge in [0.2, 0.25) is 0 Å². The largest absolute Gasteiger partial charge is 0.327 e. The van der Waals surface area contributed by atoms with Crippen molar-refractivity contribution in [2.24, 2.45) is 11.7 Å². The Balaban J connectivity index is 2.26. The van der Waals surface area contributed by atoms with Crippen LogP contribution in [0.2, 0.25) is 0 Å². The van der Waals surface area contributed by atoms with Crippen LogP contribution < -0.4 is 5.73 Å². The fourth-order valence-corrected chi connectivity index (χ4v) is 1.76. The van der Waals surface area contributed by atoms with Gasteiger partial charge in [0, 0.05) is 12.6 Å². The summed E-state index contributed by atoms with van der Waals surface area (Å²) in [6.45, 7) is 1.17. The van der Waals surface area contributed by atoms with Gasteiger partial charge in [-0.3, -0.25) is 0 Å². The third-order valence-corrected chi connectivity index (χ3v) is 2.32. The topological polar surface area (TPSA) is 29.3 Å². The first-order valence-electron chi connectivity index (χ1n) is 4.10. The van der Waals surface area contributed by atoms with Crippen LogP contribution in [-0.4, -0.2) is 31.6 Å². The number of hydrogen-bond acceptors (Lipinski definition) is 2. The van der Waals surface area contributed by atoms with Gasteiger partial charge in [-0.1, -0.05) is 6.42 Å². The molecule has 60 valence electrons. The van der Waals surface area contributed by atoms with Crippen molar-refractivity contribution in [3.63, 3.8) is 0 Å². The van der Waals surface area contributed by atoms with Gasteiger partial charge in [0.1, 0.15) is 0 Å². The van der Waals surface area contributed by atoms with Gasteiger partial charge in [0.15, 0.2) is 0 Å². The molecule has 2 atom stereocenters. The highest BCUT2D eigenvalue weighted by Gasteiger charge is 2.23. The van der Waals surface area contributed by atoms with E-state index >= 15 is 0 Å². The Hall–Kier alpha value is -0.0800. The van der Waals surface area contributed by atoms with E-state index in [0.717, 1.165) is 5.92 Å². The summed E-state index contributed by atoms with van der Waals surface area (Å²) in [7, 11) is 4.23. The van der Waals surface area contributed by atoms with Gasteiger partial charge in [0.25, 0.3) is 0 Å². The zero-order chi connectivity index (χ0) is 7.56. The third kappa shape index (κ3) is 1.96. The molecule has 0 aromatic heterocycles. The minimum atomic E-state index is 0.474. The van der Waals surface area contributed by atoms with E-state index < -0.39 is 0 Å². The standard InChI is InChI=1S/C8H18N2/c1-10(2)6-7-4-3-5-8(7)9/h7-8H,3-6,9H2,1-2H3/t7-,8-/m0/s1. The molecule has 0 radical (unpaired) electrons. The molecular weight excluding hydrogens is 124 g/mol. The molecule has 1 fully saturated rings. The summed E-state index contributed by atoms with van der Waals surface area (Å²) in [6, 6.07) is 0.474. The summed E-state index contributed by atoms with van der Waals surface area (Å²) in [4.78, 5) is 2.23. The zero-order valence-corrected chi connectivity index (χ0v) is 7.01. The molecule has 1 rings (SSSR count). The molecule has 0 bridgehead atoms. The predicted molar refractivity (Wildman–Crippen MR) is 43.9 cm³/mol. The highest BCUT2D eigenvalue weighted by molar-refractivity contribution is 4.81. The molecule has 2 nitrogen and oxygen atoms in total. The fourth-order valence-electron chi connectivity index (χ4n) is 1.76. The lowest BCUT2D eigenvalue weighted by Gasteiger charge is -2.19. The number of rotatable bonds is 2. The Labute approximate surface area is 63.4 Å². The predicted octanol–water partition coefficient (Wildman–Crippen LogP) is 0.675. The van der Waals surface area contributed by atoms with Crippen LogP contribution in [-0.2, 0) is 0 Å². The maximum atomic E-state index is 5.90. The van der Waals surface area contributed by atoms with Crippen LogP contribution in [0, 0.1) is 5.92 Å². The van der Waals surface area contributed by atoms with E-state index in [-0.39, 0.29) is 0 Å². The van der Waals surface area contributed by atoms with Gasteiger partial charge in [-0.15, -0.1) is 0 Å². The summed E-state index contributed by atoms with van der Waals surface area (Å²) < 4.78 is 0. The van der Waals surface area contributed by atoms with Crippen molar-refractivity contribution in [1.82, 2.24) is 4.90 Å². The van der Waals surface area contributed by atoms with E-state index in [1.807, 2.05) is 0 Å². The Morgan fingerprint density at radius 3 is 2.50 bits per heavy atom. The first-order chi connectivity index (χ1) is 4.70. The van der Waals surface area contributed by atoms with Crippen molar-refractivity contribution in [2.75, 3.05) is 20.6 Å². The molecule has 1 aliphatic rings. The van der Waals surface area contributed by atoms with Crippen molar-refractivity contribution in [3.8, 4) is 0 Å². The van der Waals surface area contributed by atoms with E-state index in [0.29, 0.717) is 6.04 Å². The van der Waals surface area contributed by atoms with E-state index in [2.05, 4.69) is 19.0 Å². The van der Waals surface area contributed by atoms with Crippen molar-refractivity contribution < 1.29 is 0 Å². The highest BCUT2D eigenvalue weighted by atomic mass is 15.1. The molecule has 0 aromatic rings. The molecule has 0 aliphatic heterocycles. The second-order valence-corrected chi connectivity index (χ2v) is 3.62. The van der Waals surface area contributed by atoms with Gasteiger partial charge in [0.05, 0.1) is 0 Å². The summed E-state index contributed by atoms with van der Waals surface area (Å²) in [5.74, 6) is 0.759. The lowest BCUT2D eigenvalue weighted by molar-refractivity contribution is 0.310. The fraction of sp³-hybridized carbons (Fsp3) is 1.00. The molecule has 2 heteroatoms. The molecule has 10 heavy (non-hydrogen) atoms. The molecule has 0 aromatic carbocycles. The van der Waals surface area contributed by atoms with Crippen LogP contribution in [0.4, 0.5) is 0 Å². The van der Waals surface area contributed by atoms with Crippen LogP contribution in [0.25, 0.3) is 0 Å². The number of nitrogens with two attached hydrogens (primary N) is 1. The van der Waals surface area contributed by atoms with Gasteiger partial charge < -0.3 is 10.6 Å². The maximum Gasteiger partial charge on any atom is 0.00793 e. The number of nitrogens with zero attached hydrogens (tertiary/aromatic N) is 1. The minimum absolute atomic E-state index is 0.474. The monoisotopic (exact) mass is 142 g/mol. The lowest BCUT2D eigenvalue weighted by Crippen LogP contribution is -2.32. The maximum absolute atomic E-state index is 5.90. The highest BCUT2D eigenvalue weighted by Crippen LogP contribution is 2.23. The molecule has 0 unspecified atom stereocenters. The minimum Gasteiger partial charge on any atom is -0.327 e. The Morgan fingerprint density at radius 2 is 2.10 bits per heavy atom. The van der Waals surface area contributed by atoms with Crippen molar-refractivity contribution >= 4 is 0 Å². The molecule has 2 N–H and O–H groups in total. The smallest absolute Gasteiger partial charge is 0.00793 e. The molecule has 1 aliphatic carbocycles. The Bertz CT molecular complexity index is 101. The quantitative estimate of drug-likeness (QED) is 0.614. The molecule has 0 spiro atoms. The Kier molecular flexibility index (Phi) is 2.69. The van der Waals surface area contributed by atoms with Crippen LogP contribution in [0.3, 0.4) is 0 Å². The lowest BCUT2D eigenvalue weighted by atomic mass is 10.0. The van der Waals surface area contributed by atoms with Crippen LogP contribution in [0.1, 0.15) is 19.3 Å². The van der Waals surface area contributed by atoms with E-state index in [1.165, 1.54) is 25.8 Å². The van der Waals surface area contributed by atoms with E-state index in [1.54, 1.807) is 0 Å². The summed E-state index contributed by atoms with van der Waals surface area (Å²) >= 11 is 0. The normalized spacial score (nSPS) is 33.6.